The summed E-state index contributed by atoms with van der Waals surface area (Å²) in [6.45, 7) is 6.01. The normalized spacial score (nSPS) is 20.0. The molecule has 0 bridgehead atoms. The van der Waals surface area contributed by atoms with Crippen molar-refractivity contribution >= 4 is 21.8 Å². The Morgan fingerprint density at radius 1 is 1.19 bits per heavy atom. The Morgan fingerprint density at radius 3 is 2.53 bits per heavy atom. The molecule has 1 atom stereocenters. The summed E-state index contributed by atoms with van der Waals surface area (Å²) in [4.78, 5) is 28.0. The minimum atomic E-state index is -3.93. The van der Waals surface area contributed by atoms with Crippen LogP contribution >= 0.6 is 0 Å². The van der Waals surface area contributed by atoms with Crippen LogP contribution in [0.4, 0.5) is 0 Å². The number of hydrogen-bond donors (Lipinski definition) is 1. The van der Waals surface area contributed by atoms with E-state index in [0.717, 1.165) is 10.7 Å². The average Bonchev–Trinajstić information content (AvgIpc) is 3.27. The topological polar surface area (TPSA) is 99.9 Å². The second-order valence-corrected chi connectivity index (χ2v) is 10.6. The van der Waals surface area contributed by atoms with Crippen molar-refractivity contribution < 1.29 is 22.4 Å². The predicted molar refractivity (Wildman–Crippen MR) is 120 cm³/mol. The molecule has 0 unspecified atom stereocenters. The fourth-order valence-corrected chi connectivity index (χ4v) is 5.32. The van der Waals surface area contributed by atoms with E-state index < -0.39 is 21.5 Å². The molecular formula is C23H31N3O5S. The van der Waals surface area contributed by atoms with Crippen molar-refractivity contribution in [2.24, 2.45) is 5.92 Å². The SMILES string of the molecule is CC(C)CCNC(=O)[C@@]1(C)CN(S(=O)(=O)c2ccccc2)CC(=O)N1CCc1ccco1. The Kier molecular flexibility index (Phi) is 7.40. The van der Waals surface area contributed by atoms with Crippen LogP contribution in [-0.4, -0.2) is 61.2 Å². The minimum Gasteiger partial charge on any atom is -0.469 e. The number of furan rings is 1. The molecule has 9 heteroatoms. The van der Waals surface area contributed by atoms with Gasteiger partial charge in [0.05, 0.1) is 17.7 Å². The Bertz CT molecular complexity index is 1020. The number of piperazine rings is 1. The van der Waals surface area contributed by atoms with Gasteiger partial charge < -0.3 is 14.6 Å². The van der Waals surface area contributed by atoms with Gasteiger partial charge in [0, 0.05) is 26.1 Å². The molecular weight excluding hydrogens is 430 g/mol. The van der Waals surface area contributed by atoms with E-state index in [1.165, 1.54) is 17.0 Å². The molecule has 2 heterocycles. The zero-order chi connectivity index (χ0) is 23.4. The van der Waals surface area contributed by atoms with Gasteiger partial charge >= 0.3 is 0 Å². The highest BCUT2D eigenvalue weighted by Gasteiger charge is 2.50. The van der Waals surface area contributed by atoms with Gasteiger partial charge in [0.25, 0.3) is 0 Å². The lowest BCUT2D eigenvalue weighted by Crippen LogP contribution is -2.70. The van der Waals surface area contributed by atoms with Crippen molar-refractivity contribution in [3.8, 4) is 0 Å². The van der Waals surface area contributed by atoms with Gasteiger partial charge in [-0.3, -0.25) is 9.59 Å². The van der Waals surface area contributed by atoms with Gasteiger partial charge in [0.15, 0.2) is 0 Å². The first-order chi connectivity index (χ1) is 15.1. The number of sulfonamides is 1. The summed E-state index contributed by atoms with van der Waals surface area (Å²) in [5, 5.41) is 2.90. The zero-order valence-electron chi connectivity index (χ0n) is 18.8. The monoisotopic (exact) mass is 461 g/mol. The lowest BCUT2D eigenvalue weighted by Gasteiger charge is -2.46. The smallest absolute Gasteiger partial charge is 0.247 e. The second-order valence-electron chi connectivity index (χ2n) is 8.67. The highest BCUT2D eigenvalue weighted by molar-refractivity contribution is 7.89. The average molecular weight is 462 g/mol. The Hall–Kier alpha value is -2.65. The van der Waals surface area contributed by atoms with Gasteiger partial charge in [-0.2, -0.15) is 4.31 Å². The van der Waals surface area contributed by atoms with E-state index in [-0.39, 0.29) is 30.4 Å². The highest BCUT2D eigenvalue weighted by Crippen LogP contribution is 2.28. The van der Waals surface area contributed by atoms with Gasteiger partial charge in [-0.1, -0.05) is 32.0 Å². The van der Waals surface area contributed by atoms with Crippen LogP contribution in [0.25, 0.3) is 0 Å². The van der Waals surface area contributed by atoms with Crippen molar-refractivity contribution in [2.75, 3.05) is 26.2 Å². The zero-order valence-corrected chi connectivity index (χ0v) is 19.6. The molecule has 1 aliphatic rings. The number of rotatable bonds is 9. The summed E-state index contributed by atoms with van der Waals surface area (Å²) in [5.41, 5.74) is -1.35. The van der Waals surface area contributed by atoms with Gasteiger partial charge in [-0.15, -0.1) is 0 Å². The molecule has 174 valence electrons. The number of nitrogens with one attached hydrogen (secondary N) is 1. The number of benzene rings is 1. The molecule has 0 radical (unpaired) electrons. The first-order valence-electron chi connectivity index (χ1n) is 10.8. The quantitative estimate of drug-likeness (QED) is 0.618. The van der Waals surface area contributed by atoms with Crippen molar-refractivity contribution in [1.82, 2.24) is 14.5 Å². The third-order valence-corrected chi connectivity index (χ3v) is 7.54. The third-order valence-electron chi connectivity index (χ3n) is 5.73. The number of nitrogens with zero attached hydrogens (tertiary/aromatic N) is 2. The van der Waals surface area contributed by atoms with Gasteiger partial charge in [-0.25, -0.2) is 8.42 Å². The fourth-order valence-electron chi connectivity index (χ4n) is 3.82. The second kappa shape index (κ2) is 9.87. The van der Waals surface area contributed by atoms with E-state index in [0.29, 0.717) is 24.6 Å². The first kappa shape index (κ1) is 24.0. The Morgan fingerprint density at radius 2 is 1.91 bits per heavy atom. The van der Waals surface area contributed by atoms with Crippen LogP contribution in [-0.2, 0) is 26.0 Å². The molecule has 2 aromatic rings. The number of hydrogen-bond acceptors (Lipinski definition) is 5. The molecule has 0 spiro atoms. The molecule has 1 fully saturated rings. The molecule has 1 saturated heterocycles. The van der Waals surface area contributed by atoms with Crippen LogP contribution in [0.15, 0.2) is 58.0 Å². The van der Waals surface area contributed by atoms with Crippen molar-refractivity contribution in [1.29, 1.82) is 0 Å². The maximum atomic E-state index is 13.3. The third kappa shape index (κ3) is 5.21. The molecule has 0 saturated carbocycles. The summed E-state index contributed by atoms with van der Waals surface area (Å²) in [6, 6.07) is 11.5. The summed E-state index contributed by atoms with van der Waals surface area (Å²) in [6.07, 6.45) is 2.77. The van der Waals surface area contributed by atoms with Crippen LogP contribution in [0, 0.1) is 5.92 Å². The lowest BCUT2D eigenvalue weighted by molar-refractivity contribution is -0.152. The number of amides is 2. The highest BCUT2D eigenvalue weighted by atomic mass is 32.2. The fraction of sp³-hybridized carbons (Fsp3) is 0.478. The van der Waals surface area contributed by atoms with E-state index >= 15 is 0 Å². The van der Waals surface area contributed by atoms with E-state index in [4.69, 9.17) is 4.42 Å². The molecule has 0 aliphatic carbocycles. The predicted octanol–water partition coefficient (Wildman–Crippen LogP) is 2.28. The molecule has 2 amide bonds. The molecule has 1 aromatic carbocycles. The van der Waals surface area contributed by atoms with Crippen molar-refractivity contribution in [3.63, 3.8) is 0 Å². The maximum absolute atomic E-state index is 13.3. The van der Waals surface area contributed by atoms with Crippen molar-refractivity contribution in [2.45, 2.75) is 44.0 Å². The lowest BCUT2D eigenvalue weighted by atomic mass is 9.95. The van der Waals surface area contributed by atoms with E-state index in [1.807, 2.05) is 0 Å². The van der Waals surface area contributed by atoms with Crippen LogP contribution in [0.1, 0.15) is 33.0 Å². The van der Waals surface area contributed by atoms with E-state index in [1.54, 1.807) is 43.5 Å². The Labute approximate surface area is 189 Å². The number of carbonyl (C=O) groups excluding carboxylic acids is 2. The maximum Gasteiger partial charge on any atom is 0.247 e. The molecule has 32 heavy (non-hydrogen) atoms. The first-order valence-corrected chi connectivity index (χ1v) is 12.2. The Balaban J connectivity index is 1.87. The molecule has 8 nitrogen and oxygen atoms in total. The molecule has 1 N–H and O–H groups in total. The molecule has 3 rings (SSSR count). The standard InChI is InChI=1S/C23H31N3O5S/c1-18(2)11-13-24-22(28)23(3)17-25(32(29,30)20-9-5-4-6-10-20)16-21(27)26(23)14-12-19-8-7-15-31-19/h4-10,15,18H,11-14,16-17H2,1-3H3,(H,24,28)/t23-/m1/s1. The largest absolute Gasteiger partial charge is 0.469 e. The van der Waals surface area contributed by atoms with E-state index in [2.05, 4.69) is 19.2 Å². The minimum absolute atomic E-state index is 0.0967. The van der Waals surface area contributed by atoms with Crippen LogP contribution in [0.5, 0.6) is 0 Å². The van der Waals surface area contributed by atoms with E-state index in [9.17, 15) is 18.0 Å². The molecule has 1 aromatic heterocycles. The van der Waals surface area contributed by atoms with Crippen LogP contribution in [0.3, 0.4) is 0 Å². The van der Waals surface area contributed by atoms with Crippen LogP contribution < -0.4 is 5.32 Å². The van der Waals surface area contributed by atoms with Gasteiger partial charge in [0.1, 0.15) is 11.3 Å². The van der Waals surface area contributed by atoms with Crippen LogP contribution in [0.2, 0.25) is 0 Å². The summed E-state index contributed by atoms with van der Waals surface area (Å²) < 4.78 is 32.9. The summed E-state index contributed by atoms with van der Waals surface area (Å²) in [5.74, 6) is 0.323. The summed E-state index contributed by atoms with van der Waals surface area (Å²) in [7, 11) is -3.93. The number of carbonyl (C=O) groups is 2. The molecule has 1 aliphatic heterocycles. The van der Waals surface area contributed by atoms with Gasteiger partial charge in [-0.05, 0) is 43.5 Å². The summed E-state index contributed by atoms with van der Waals surface area (Å²) >= 11 is 0. The van der Waals surface area contributed by atoms with Crippen molar-refractivity contribution in [3.05, 3.63) is 54.5 Å². The van der Waals surface area contributed by atoms with Gasteiger partial charge in [0.2, 0.25) is 21.8 Å².